The maximum Gasteiger partial charge on any atom is 0.387 e. The van der Waals surface area contributed by atoms with Crippen LogP contribution in [0.5, 0.6) is 0 Å². The molecule has 1 aromatic heterocycles. The van der Waals surface area contributed by atoms with Crippen molar-refractivity contribution in [2.45, 2.75) is 32.7 Å². The Bertz CT molecular complexity index is 458. The minimum absolute atomic E-state index is 0.0510. The second kappa shape index (κ2) is 6.65. The third-order valence-electron chi connectivity index (χ3n) is 3.73. The fourth-order valence-corrected chi connectivity index (χ4v) is 2.70. The molecule has 0 aliphatic carbocycles. The number of pyridine rings is 1. The Labute approximate surface area is 119 Å². The molecule has 1 atom stereocenters. The molecule has 0 spiro atoms. The number of piperidine rings is 1. The first-order valence-corrected chi connectivity index (χ1v) is 7.16. The summed E-state index contributed by atoms with van der Waals surface area (Å²) in [4.78, 5) is 16.8. The van der Waals surface area contributed by atoms with Gasteiger partial charge in [0.2, 0.25) is 0 Å². The van der Waals surface area contributed by atoms with Gasteiger partial charge < -0.3 is 20.3 Å². The summed E-state index contributed by atoms with van der Waals surface area (Å²) in [6.07, 6.45) is 3.82. The Morgan fingerprint density at radius 1 is 1.60 bits per heavy atom. The number of nitrogens with zero attached hydrogens (tertiary/aromatic N) is 3. The molecule has 1 aromatic rings. The van der Waals surface area contributed by atoms with Gasteiger partial charge in [-0.1, -0.05) is 0 Å². The molecular formula is C14H22N4O2. The highest BCUT2D eigenvalue weighted by Gasteiger charge is 2.25. The van der Waals surface area contributed by atoms with Crippen molar-refractivity contribution in [3.8, 4) is 0 Å². The van der Waals surface area contributed by atoms with Crippen molar-refractivity contribution in [2.24, 2.45) is 5.92 Å². The van der Waals surface area contributed by atoms with Crippen molar-refractivity contribution >= 4 is 11.5 Å². The number of hydrogen-bond acceptors (Lipinski definition) is 5. The zero-order valence-corrected chi connectivity index (χ0v) is 12.1. The molecule has 0 bridgehead atoms. The lowest BCUT2D eigenvalue weighted by molar-refractivity contribution is -0.388. The molecule has 0 amide bonds. The Kier molecular flexibility index (Phi) is 4.89. The Morgan fingerprint density at radius 2 is 2.40 bits per heavy atom. The topological polar surface area (TPSA) is 71.3 Å². The molecule has 1 aliphatic rings. The van der Waals surface area contributed by atoms with Crippen LogP contribution in [0, 0.1) is 16.0 Å². The van der Waals surface area contributed by atoms with Gasteiger partial charge in [0.25, 0.3) is 0 Å². The summed E-state index contributed by atoms with van der Waals surface area (Å²) in [6, 6.07) is 3.76. The van der Waals surface area contributed by atoms with Gasteiger partial charge in [-0.2, -0.15) is 0 Å². The molecule has 0 radical (unpaired) electrons. The van der Waals surface area contributed by atoms with Crippen molar-refractivity contribution in [3.63, 3.8) is 0 Å². The lowest BCUT2D eigenvalue weighted by atomic mass is 9.98. The Hall–Kier alpha value is -1.69. The van der Waals surface area contributed by atoms with Crippen LogP contribution < -0.4 is 10.2 Å². The number of nitro groups is 1. The first kappa shape index (κ1) is 14.7. The van der Waals surface area contributed by atoms with E-state index in [1.54, 1.807) is 12.1 Å². The third-order valence-corrected chi connectivity index (χ3v) is 3.73. The number of rotatable bonds is 5. The third kappa shape index (κ3) is 3.45. The fraction of sp³-hybridized carbons (Fsp3) is 0.643. The van der Waals surface area contributed by atoms with Crippen LogP contribution in [0.2, 0.25) is 0 Å². The van der Waals surface area contributed by atoms with Gasteiger partial charge in [0.1, 0.15) is 11.9 Å². The summed E-state index contributed by atoms with van der Waals surface area (Å²) in [5.41, 5.74) is 0.623. The number of aromatic nitrogens is 1. The summed E-state index contributed by atoms with van der Waals surface area (Å²) in [5, 5.41) is 14.5. The van der Waals surface area contributed by atoms with Crippen LogP contribution in [-0.2, 0) is 0 Å². The van der Waals surface area contributed by atoms with Crippen LogP contribution >= 0.6 is 0 Å². The van der Waals surface area contributed by atoms with Gasteiger partial charge >= 0.3 is 5.82 Å². The van der Waals surface area contributed by atoms with Gasteiger partial charge in [0.15, 0.2) is 0 Å². The lowest BCUT2D eigenvalue weighted by Crippen LogP contribution is -2.41. The minimum atomic E-state index is -0.399. The van der Waals surface area contributed by atoms with E-state index < -0.39 is 4.92 Å². The number of hydrogen-bond donors (Lipinski definition) is 1. The summed E-state index contributed by atoms with van der Waals surface area (Å²) < 4.78 is 0. The van der Waals surface area contributed by atoms with E-state index >= 15 is 0 Å². The van der Waals surface area contributed by atoms with Crippen LogP contribution in [0.1, 0.15) is 26.7 Å². The predicted octanol–water partition coefficient (Wildman–Crippen LogP) is 2.20. The van der Waals surface area contributed by atoms with E-state index in [0.29, 0.717) is 11.6 Å². The molecule has 1 unspecified atom stereocenters. The van der Waals surface area contributed by atoms with Gasteiger partial charge in [-0.3, -0.25) is 0 Å². The number of anilines is 1. The van der Waals surface area contributed by atoms with E-state index in [-0.39, 0.29) is 11.9 Å². The molecule has 2 heterocycles. The van der Waals surface area contributed by atoms with Crippen molar-refractivity contribution in [1.29, 1.82) is 0 Å². The molecule has 1 fully saturated rings. The maximum atomic E-state index is 11.1. The molecule has 6 heteroatoms. The molecule has 0 aromatic carbocycles. The zero-order chi connectivity index (χ0) is 14.5. The van der Waals surface area contributed by atoms with Crippen LogP contribution in [0.25, 0.3) is 0 Å². The minimum Gasteiger partial charge on any atom is -0.362 e. The summed E-state index contributed by atoms with van der Waals surface area (Å²) in [6.45, 7) is 7.01. The largest absolute Gasteiger partial charge is 0.387 e. The second-order valence-corrected chi connectivity index (χ2v) is 5.56. The summed E-state index contributed by atoms with van der Waals surface area (Å²) >= 11 is 0. The SMILES string of the molecule is CC(C)N(CC1CCCNC1)c1cccnc1[N+](=O)[O-]. The average molecular weight is 278 g/mol. The summed E-state index contributed by atoms with van der Waals surface area (Å²) in [7, 11) is 0. The van der Waals surface area contributed by atoms with Crippen molar-refractivity contribution in [2.75, 3.05) is 24.5 Å². The highest BCUT2D eigenvalue weighted by Crippen LogP contribution is 2.28. The molecule has 1 aliphatic heterocycles. The smallest absolute Gasteiger partial charge is 0.362 e. The van der Waals surface area contributed by atoms with Crippen LogP contribution in [0.3, 0.4) is 0 Å². The zero-order valence-electron chi connectivity index (χ0n) is 12.1. The quantitative estimate of drug-likeness (QED) is 0.660. The van der Waals surface area contributed by atoms with Gasteiger partial charge in [-0.25, -0.2) is 0 Å². The monoisotopic (exact) mass is 278 g/mol. The predicted molar refractivity (Wildman–Crippen MR) is 79.0 cm³/mol. The van der Waals surface area contributed by atoms with Gasteiger partial charge in [0, 0.05) is 12.6 Å². The Balaban J connectivity index is 2.21. The first-order valence-electron chi connectivity index (χ1n) is 7.16. The van der Waals surface area contributed by atoms with E-state index in [0.717, 1.165) is 19.6 Å². The highest BCUT2D eigenvalue weighted by molar-refractivity contribution is 5.59. The van der Waals surface area contributed by atoms with E-state index in [1.165, 1.54) is 19.0 Å². The molecule has 110 valence electrons. The van der Waals surface area contributed by atoms with Crippen molar-refractivity contribution in [1.82, 2.24) is 10.3 Å². The van der Waals surface area contributed by atoms with Crippen LogP contribution in [0.15, 0.2) is 18.3 Å². The van der Waals surface area contributed by atoms with E-state index in [1.807, 2.05) is 0 Å². The maximum absolute atomic E-state index is 11.1. The summed E-state index contributed by atoms with van der Waals surface area (Å²) in [5.74, 6) is 0.482. The normalized spacial score (nSPS) is 19.1. The first-order chi connectivity index (χ1) is 9.59. The Morgan fingerprint density at radius 3 is 3.00 bits per heavy atom. The second-order valence-electron chi connectivity index (χ2n) is 5.56. The molecule has 2 rings (SSSR count). The van der Waals surface area contributed by atoms with E-state index in [2.05, 4.69) is 29.0 Å². The molecule has 1 N–H and O–H groups in total. The van der Waals surface area contributed by atoms with Gasteiger partial charge in [-0.15, -0.1) is 0 Å². The molecular weight excluding hydrogens is 256 g/mol. The van der Waals surface area contributed by atoms with Crippen LogP contribution in [0.4, 0.5) is 11.5 Å². The van der Waals surface area contributed by atoms with Crippen molar-refractivity contribution in [3.05, 3.63) is 28.4 Å². The van der Waals surface area contributed by atoms with Gasteiger partial charge in [0.05, 0.1) is 0 Å². The molecule has 6 nitrogen and oxygen atoms in total. The van der Waals surface area contributed by atoms with Crippen LogP contribution in [-0.4, -0.2) is 35.6 Å². The van der Waals surface area contributed by atoms with Crippen molar-refractivity contribution < 1.29 is 4.92 Å². The fourth-order valence-electron chi connectivity index (χ4n) is 2.70. The molecule has 0 saturated carbocycles. The van der Waals surface area contributed by atoms with E-state index in [9.17, 15) is 10.1 Å². The molecule has 1 saturated heterocycles. The number of nitrogens with one attached hydrogen (secondary N) is 1. The standard InChI is InChI=1S/C14H22N4O2/c1-11(2)17(10-12-5-3-7-15-9-12)13-6-4-8-16-14(13)18(19)20/h4,6,8,11-12,15H,3,5,7,9-10H2,1-2H3. The molecule has 20 heavy (non-hydrogen) atoms. The highest BCUT2D eigenvalue weighted by atomic mass is 16.6. The average Bonchev–Trinajstić information content (AvgIpc) is 2.45. The van der Waals surface area contributed by atoms with Gasteiger partial charge in [-0.05, 0) is 67.7 Å². The van der Waals surface area contributed by atoms with E-state index in [4.69, 9.17) is 0 Å². The lowest BCUT2D eigenvalue weighted by Gasteiger charge is -2.33.